The number of carbonyl (C=O) groups is 1. The largest absolute Gasteiger partial charge is 0.381 e. The lowest BCUT2D eigenvalue weighted by molar-refractivity contribution is -0.127. The number of nitrogens with two attached hydrogens (primary N) is 1. The minimum Gasteiger partial charge on any atom is -0.381 e. The quantitative estimate of drug-likeness (QED) is 0.534. The fourth-order valence-electron chi connectivity index (χ4n) is 3.70. The highest BCUT2D eigenvalue weighted by molar-refractivity contribution is 5.78. The normalized spacial score (nSPS) is 21.4. The molecule has 7 heteroatoms. The third-order valence-corrected chi connectivity index (χ3v) is 5.29. The molecule has 0 unspecified atom stereocenters. The van der Waals surface area contributed by atoms with Gasteiger partial charge in [0, 0.05) is 43.8 Å². The fraction of sp³-hybridized carbons (Fsp3) is 0.667. The van der Waals surface area contributed by atoms with Crippen LogP contribution in [0, 0.1) is 5.92 Å². The van der Waals surface area contributed by atoms with Gasteiger partial charge in [-0.15, -0.1) is 0 Å². The summed E-state index contributed by atoms with van der Waals surface area (Å²) in [6.07, 6.45) is 3.92. The number of nitrogens with zero attached hydrogens (tertiary/aromatic N) is 2. The van der Waals surface area contributed by atoms with E-state index in [0.29, 0.717) is 19.1 Å². The Morgan fingerprint density at radius 1 is 1.28 bits per heavy atom. The summed E-state index contributed by atoms with van der Waals surface area (Å²) in [5, 5.41) is 6.81. The predicted molar refractivity (Wildman–Crippen MR) is 95.5 cm³/mol. The molecule has 2 saturated heterocycles. The summed E-state index contributed by atoms with van der Waals surface area (Å²) in [5.74, 6) is 6.19. The van der Waals surface area contributed by atoms with Crippen LogP contribution in [0.5, 0.6) is 0 Å². The molecule has 0 aromatic carbocycles. The summed E-state index contributed by atoms with van der Waals surface area (Å²) >= 11 is 0. The van der Waals surface area contributed by atoms with E-state index in [1.807, 2.05) is 12.1 Å². The maximum absolute atomic E-state index is 12.1. The van der Waals surface area contributed by atoms with Crippen LogP contribution in [-0.2, 0) is 9.53 Å². The van der Waals surface area contributed by atoms with Crippen molar-refractivity contribution in [3.05, 3.63) is 29.4 Å². The van der Waals surface area contributed by atoms with Crippen molar-refractivity contribution in [3.63, 3.8) is 0 Å². The molecule has 25 heavy (non-hydrogen) atoms. The van der Waals surface area contributed by atoms with Crippen LogP contribution in [0.1, 0.15) is 37.3 Å². The van der Waals surface area contributed by atoms with Crippen LogP contribution < -0.4 is 16.6 Å². The minimum absolute atomic E-state index is 0.134. The first-order chi connectivity index (χ1) is 12.3. The molecule has 0 spiro atoms. The molecule has 1 aromatic heterocycles. The first kappa shape index (κ1) is 17.9. The van der Waals surface area contributed by atoms with Gasteiger partial charge in [0.15, 0.2) is 0 Å². The molecule has 2 fully saturated rings. The summed E-state index contributed by atoms with van der Waals surface area (Å²) < 4.78 is 5.31. The molecule has 0 saturated carbocycles. The number of aromatic amines is 1. The number of piperidine rings is 1. The van der Waals surface area contributed by atoms with Gasteiger partial charge in [-0.3, -0.25) is 4.79 Å². The third-order valence-electron chi connectivity index (χ3n) is 5.29. The Morgan fingerprint density at radius 2 is 2.04 bits per heavy atom. The van der Waals surface area contributed by atoms with Gasteiger partial charge in [0.05, 0.1) is 0 Å². The molecular formula is C18H29N5O2. The van der Waals surface area contributed by atoms with Gasteiger partial charge in [-0.05, 0) is 50.9 Å². The average molecular weight is 347 g/mol. The fourth-order valence-corrected chi connectivity index (χ4v) is 3.70. The lowest BCUT2D eigenvalue weighted by Crippen LogP contribution is -2.41. The van der Waals surface area contributed by atoms with Gasteiger partial charge in [-0.25, -0.2) is 0 Å². The van der Waals surface area contributed by atoms with Gasteiger partial charge in [-0.2, -0.15) is 5.10 Å². The average Bonchev–Trinajstić information content (AvgIpc) is 2.69. The van der Waals surface area contributed by atoms with Crippen molar-refractivity contribution in [2.24, 2.45) is 16.9 Å². The number of carbonyl (C=O) groups excluding carboxylic acids is 1. The van der Waals surface area contributed by atoms with E-state index in [-0.39, 0.29) is 11.8 Å². The van der Waals surface area contributed by atoms with E-state index in [1.165, 1.54) is 5.69 Å². The summed E-state index contributed by atoms with van der Waals surface area (Å²) in [7, 11) is 0. The van der Waals surface area contributed by atoms with Crippen molar-refractivity contribution < 1.29 is 9.53 Å². The standard InChI is InChI=1S/C18H29N5O2/c19-22-17-3-1-2-16(21-17)14-4-9-23(10-5-14)11-8-20-18(24)15-6-12-25-13-7-15/h1-3,14-15H,4-13,19H2,(H,20,24)(H,21,22). The summed E-state index contributed by atoms with van der Waals surface area (Å²) in [6.45, 7) is 5.17. The highest BCUT2D eigenvalue weighted by atomic mass is 16.5. The molecule has 3 heterocycles. The van der Waals surface area contributed by atoms with E-state index in [9.17, 15) is 4.79 Å². The zero-order valence-corrected chi connectivity index (χ0v) is 14.7. The Labute approximate surface area is 148 Å². The molecule has 138 valence electrons. The van der Waals surface area contributed by atoms with Crippen LogP contribution in [-0.4, -0.2) is 55.2 Å². The van der Waals surface area contributed by atoms with E-state index in [1.54, 1.807) is 0 Å². The number of hydrogen-bond acceptors (Lipinski definition) is 5. The Kier molecular flexibility index (Phi) is 6.47. The van der Waals surface area contributed by atoms with Crippen molar-refractivity contribution in [1.82, 2.24) is 15.2 Å². The summed E-state index contributed by atoms with van der Waals surface area (Å²) in [5.41, 5.74) is 1.93. The molecule has 0 radical (unpaired) electrons. The number of hydrogen-bond donors (Lipinski definition) is 3. The van der Waals surface area contributed by atoms with Gasteiger partial charge >= 0.3 is 0 Å². The van der Waals surface area contributed by atoms with Gasteiger partial charge in [0.2, 0.25) is 5.91 Å². The zero-order chi connectivity index (χ0) is 17.5. The lowest BCUT2D eigenvalue weighted by Gasteiger charge is -2.32. The molecule has 3 rings (SSSR count). The van der Waals surface area contributed by atoms with Crippen molar-refractivity contribution in [3.8, 4) is 0 Å². The molecule has 1 aromatic rings. The predicted octanol–water partition coefficient (Wildman–Crippen LogP) is 0.511. The molecule has 4 N–H and O–H groups in total. The number of aromatic nitrogens is 1. The highest BCUT2D eigenvalue weighted by Crippen LogP contribution is 2.25. The van der Waals surface area contributed by atoms with E-state index in [2.05, 4.69) is 26.4 Å². The Balaban J connectivity index is 1.38. The van der Waals surface area contributed by atoms with Crippen molar-refractivity contribution in [2.75, 3.05) is 39.4 Å². The van der Waals surface area contributed by atoms with Gasteiger partial charge in [0.1, 0.15) is 5.49 Å². The van der Waals surface area contributed by atoms with Crippen molar-refractivity contribution in [2.45, 2.75) is 31.6 Å². The Morgan fingerprint density at radius 3 is 2.76 bits per heavy atom. The molecular weight excluding hydrogens is 318 g/mol. The van der Waals surface area contributed by atoms with Gasteiger partial charge in [-0.1, -0.05) is 6.07 Å². The SMILES string of the molecule is N/N=c1\cccc(C2CCN(CCNC(=O)C3CCOCC3)CC2)[nH]1. The topological polar surface area (TPSA) is 95.7 Å². The highest BCUT2D eigenvalue weighted by Gasteiger charge is 2.23. The monoisotopic (exact) mass is 347 g/mol. The summed E-state index contributed by atoms with van der Waals surface area (Å²) in [4.78, 5) is 17.9. The number of ether oxygens (including phenoxy) is 1. The van der Waals surface area contributed by atoms with Crippen LogP contribution >= 0.6 is 0 Å². The van der Waals surface area contributed by atoms with Crippen LogP contribution in [0.3, 0.4) is 0 Å². The maximum Gasteiger partial charge on any atom is 0.223 e. The maximum atomic E-state index is 12.1. The zero-order valence-electron chi connectivity index (χ0n) is 14.7. The van der Waals surface area contributed by atoms with Crippen LogP contribution in [0.2, 0.25) is 0 Å². The molecule has 2 aliphatic heterocycles. The number of nitrogens with one attached hydrogen (secondary N) is 2. The lowest BCUT2D eigenvalue weighted by atomic mass is 9.93. The Bertz CT molecular complexity index is 616. The third kappa shape index (κ3) is 5.06. The second-order valence-electron chi connectivity index (χ2n) is 6.91. The number of likely N-dealkylation sites (tertiary alicyclic amines) is 1. The molecule has 0 atom stereocenters. The number of pyridine rings is 1. The molecule has 0 aliphatic carbocycles. The van der Waals surface area contributed by atoms with E-state index in [4.69, 9.17) is 10.6 Å². The minimum atomic E-state index is 0.134. The molecule has 7 nitrogen and oxygen atoms in total. The van der Waals surface area contributed by atoms with E-state index < -0.39 is 0 Å². The van der Waals surface area contributed by atoms with E-state index >= 15 is 0 Å². The van der Waals surface area contributed by atoms with Crippen LogP contribution in [0.4, 0.5) is 0 Å². The first-order valence-corrected chi connectivity index (χ1v) is 9.27. The summed E-state index contributed by atoms with van der Waals surface area (Å²) in [6, 6.07) is 5.98. The number of amides is 1. The van der Waals surface area contributed by atoms with Gasteiger partial charge < -0.3 is 25.8 Å². The molecule has 1 amide bonds. The van der Waals surface area contributed by atoms with Gasteiger partial charge in [0.25, 0.3) is 0 Å². The molecule has 0 bridgehead atoms. The Hall–Kier alpha value is -1.86. The van der Waals surface area contributed by atoms with Crippen LogP contribution in [0.15, 0.2) is 23.3 Å². The van der Waals surface area contributed by atoms with Crippen LogP contribution in [0.25, 0.3) is 0 Å². The molecule has 2 aliphatic rings. The smallest absolute Gasteiger partial charge is 0.223 e. The first-order valence-electron chi connectivity index (χ1n) is 9.27. The van der Waals surface area contributed by atoms with E-state index in [0.717, 1.165) is 57.4 Å². The second-order valence-corrected chi connectivity index (χ2v) is 6.91. The second kappa shape index (κ2) is 9.01. The van der Waals surface area contributed by atoms with Crippen molar-refractivity contribution in [1.29, 1.82) is 0 Å². The number of rotatable bonds is 5. The number of H-pyrrole nitrogens is 1. The van der Waals surface area contributed by atoms with Crippen molar-refractivity contribution >= 4 is 5.91 Å².